The Morgan fingerprint density at radius 2 is 1.83 bits per heavy atom. The molecule has 120 valence electrons. The van der Waals surface area contributed by atoms with Crippen LogP contribution in [0.2, 0.25) is 0 Å². The SMILES string of the molecule is C[C@@H](NS(=O)(=O)c1ccc2c(c1)oc(=O)n2C)c1ccccc1. The molecule has 1 aromatic heterocycles. The van der Waals surface area contributed by atoms with Crippen molar-refractivity contribution in [2.24, 2.45) is 7.05 Å². The molecule has 0 spiro atoms. The minimum atomic E-state index is -3.72. The molecule has 0 fully saturated rings. The van der Waals surface area contributed by atoms with Crippen LogP contribution in [0.3, 0.4) is 0 Å². The first-order valence-corrected chi connectivity index (χ1v) is 8.53. The van der Waals surface area contributed by atoms with Crippen LogP contribution in [-0.4, -0.2) is 13.0 Å². The molecule has 2 aromatic carbocycles. The summed E-state index contributed by atoms with van der Waals surface area (Å²) < 4.78 is 34.0. The van der Waals surface area contributed by atoms with Crippen molar-refractivity contribution >= 4 is 21.1 Å². The number of rotatable bonds is 4. The van der Waals surface area contributed by atoms with E-state index in [0.29, 0.717) is 5.52 Å². The van der Waals surface area contributed by atoms with E-state index < -0.39 is 15.8 Å². The molecule has 0 unspecified atom stereocenters. The van der Waals surface area contributed by atoms with E-state index in [0.717, 1.165) is 5.56 Å². The smallest absolute Gasteiger partial charge is 0.408 e. The van der Waals surface area contributed by atoms with Crippen molar-refractivity contribution in [3.63, 3.8) is 0 Å². The highest BCUT2D eigenvalue weighted by Gasteiger charge is 2.20. The van der Waals surface area contributed by atoms with Gasteiger partial charge in [-0.1, -0.05) is 30.3 Å². The number of hydrogen-bond acceptors (Lipinski definition) is 4. The van der Waals surface area contributed by atoms with Crippen LogP contribution in [0.15, 0.2) is 62.6 Å². The lowest BCUT2D eigenvalue weighted by molar-refractivity contribution is 0.527. The molecule has 0 saturated carbocycles. The van der Waals surface area contributed by atoms with Crippen LogP contribution in [0.25, 0.3) is 11.1 Å². The molecule has 0 aliphatic carbocycles. The number of aryl methyl sites for hydroxylation is 1. The Morgan fingerprint density at radius 3 is 2.52 bits per heavy atom. The number of nitrogens with one attached hydrogen (secondary N) is 1. The minimum absolute atomic E-state index is 0.0575. The van der Waals surface area contributed by atoms with Gasteiger partial charge in [-0.2, -0.15) is 0 Å². The maximum Gasteiger partial charge on any atom is 0.419 e. The number of sulfonamides is 1. The molecule has 3 rings (SSSR count). The first-order chi connectivity index (χ1) is 10.9. The standard InChI is InChI=1S/C16H16N2O4S/c1-11(12-6-4-3-5-7-12)17-23(20,21)13-8-9-14-15(10-13)22-16(19)18(14)2/h3-11,17H,1-2H3/t11-/m1/s1. The largest absolute Gasteiger partial charge is 0.419 e. The molecule has 0 bridgehead atoms. The van der Waals surface area contributed by atoms with Crippen LogP contribution >= 0.6 is 0 Å². The summed E-state index contributed by atoms with van der Waals surface area (Å²) in [6.45, 7) is 1.77. The molecule has 7 heteroatoms. The van der Waals surface area contributed by atoms with Gasteiger partial charge in [-0.05, 0) is 24.6 Å². The number of nitrogens with zero attached hydrogens (tertiary/aromatic N) is 1. The predicted molar refractivity (Wildman–Crippen MR) is 86.6 cm³/mol. The van der Waals surface area contributed by atoms with Crippen LogP contribution in [0.1, 0.15) is 18.5 Å². The molecular formula is C16H16N2O4S. The van der Waals surface area contributed by atoms with Gasteiger partial charge in [0.05, 0.1) is 10.4 Å². The highest BCUT2D eigenvalue weighted by molar-refractivity contribution is 7.89. The quantitative estimate of drug-likeness (QED) is 0.794. The van der Waals surface area contributed by atoms with E-state index >= 15 is 0 Å². The fourth-order valence-electron chi connectivity index (χ4n) is 2.39. The summed E-state index contributed by atoms with van der Waals surface area (Å²) in [5.41, 5.74) is 1.65. The summed E-state index contributed by atoms with van der Waals surface area (Å²) in [6, 6.07) is 13.3. The molecule has 1 N–H and O–H groups in total. The highest BCUT2D eigenvalue weighted by Crippen LogP contribution is 2.20. The molecular weight excluding hydrogens is 316 g/mol. The second-order valence-corrected chi connectivity index (χ2v) is 7.02. The van der Waals surface area contributed by atoms with E-state index in [2.05, 4.69) is 4.72 Å². The number of fused-ring (bicyclic) bond motifs is 1. The first kappa shape index (κ1) is 15.5. The molecule has 0 aliphatic heterocycles. The predicted octanol–water partition coefficient (Wildman–Crippen LogP) is 2.17. The fraction of sp³-hybridized carbons (Fsp3) is 0.188. The average molecular weight is 332 g/mol. The van der Waals surface area contributed by atoms with Crippen molar-refractivity contribution in [3.05, 3.63) is 64.6 Å². The van der Waals surface area contributed by atoms with Gasteiger partial charge < -0.3 is 4.42 Å². The lowest BCUT2D eigenvalue weighted by Gasteiger charge is -2.14. The van der Waals surface area contributed by atoms with Gasteiger partial charge in [-0.15, -0.1) is 0 Å². The molecule has 1 atom stereocenters. The van der Waals surface area contributed by atoms with E-state index in [-0.39, 0.29) is 16.5 Å². The van der Waals surface area contributed by atoms with E-state index in [1.54, 1.807) is 20.0 Å². The summed E-state index contributed by atoms with van der Waals surface area (Å²) in [6.07, 6.45) is 0. The van der Waals surface area contributed by atoms with Crippen LogP contribution < -0.4 is 10.5 Å². The van der Waals surface area contributed by atoms with Gasteiger partial charge in [0.1, 0.15) is 0 Å². The Hall–Kier alpha value is -2.38. The molecule has 23 heavy (non-hydrogen) atoms. The van der Waals surface area contributed by atoms with Crippen molar-refractivity contribution < 1.29 is 12.8 Å². The summed E-state index contributed by atoms with van der Waals surface area (Å²) in [5, 5.41) is 0. The first-order valence-electron chi connectivity index (χ1n) is 7.05. The molecule has 0 aliphatic rings. The fourth-order valence-corrected chi connectivity index (χ4v) is 3.64. The van der Waals surface area contributed by atoms with E-state index in [1.807, 2.05) is 30.3 Å². The highest BCUT2D eigenvalue weighted by atomic mass is 32.2. The second kappa shape index (κ2) is 5.68. The van der Waals surface area contributed by atoms with E-state index in [1.165, 1.54) is 16.7 Å². The van der Waals surface area contributed by atoms with Crippen LogP contribution in [0.4, 0.5) is 0 Å². The normalized spacial score (nSPS) is 13.3. The van der Waals surface area contributed by atoms with Gasteiger partial charge in [-0.3, -0.25) is 4.57 Å². The lowest BCUT2D eigenvalue weighted by Crippen LogP contribution is -2.26. The van der Waals surface area contributed by atoms with Crippen molar-refractivity contribution in [1.29, 1.82) is 0 Å². The number of oxazole rings is 1. The maximum absolute atomic E-state index is 12.5. The lowest BCUT2D eigenvalue weighted by atomic mass is 10.1. The van der Waals surface area contributed by atoms with Crippen LogP contribution in [0.5, 0.6) is 0 Å². The third-order valence-electron chi connectivity index (χ3n) is 3.71. The summed E-state index contributed by atoms with van der Waals surface area (Å²) >= 11 is 0. The van der Waals surface area contributed by atoms with Crippen molar-refractivity contribution in [2.75, 3.05) is 0 Å². The van der Waals surface area contributed by atoms with Gasteiger partial charge in [-0.25, -0.2) is 17.9 Å². The average Bonchev–Trinajstić information content (AvgIpc) is 2.82. The Balaban J connectivity index is 1.95. The van der Waals surface area contributed by atoms with E-state index in [9.17, 15) is 13.2 Å². The van der Waals surface area contributed by atoms with Crippen LogP contribution in [0, 0.1) is 0 Å². The Kier molecular flexibility index (Phi) is 3.83. The maximum atomic E-state index is 12.5. The molecule has 6 nitrogen and oxygen atoms in total. The van der Waals surface area contributed by atoms with Crippen LogP contribution in [-0.2, 0) is 17.1 Å². The van der Waals surface area contributed by atoms with E-state index in [4.69, 9.17) is 4.42 Å². The minimum Gasteiger partial charge on any atom is -0.408 e. The van der Waals surface area contributed by atoms with Crippen molar-refractivity contribution in [3.8, 4) is 0 Å². The zero-order valence-corrected chi connectivity index (χ0v) is 13.5. The Labute approximate surface area is 133 Å². The van der Waals surface area contributed by atoms with Gasteiger partial charge in [0.25, 0.3) is 0 Å². The number of hydrogen-bond donors (Lipinski definition) is 1. The topological polar surface area (TPSA) is 81.3 Å². The molecule has 0 radical (unpaired) electrons. The third-order valence-corrected chi connectivity index (χ3v) is 5.24. The van der Waals surface area contributed by atoms with Gasteiger partial charge in [0, 0.05) is 19.2 Å². The van der Waals surface area contributed by atoms with Gasteiger partial charge >= 0.3 is 5.76 Å². The van der Waals surface area contributed by atoms with Gasteiger partial charge in [0.15, 0.2) is 5.58 Å². The Morgan fingerprint density at radius 1 is 1.13 bits per heavy atom. The zero-order chi connectivity index (χ0) is 16.6. The zero-order valence-electron chi connectivity index (χ0n) is 12.7. The monoisotopic (exact) mass is 332 g/mol. The Bertz CT molecular complexity index is 1000. The molecule has 0 amide bonds. The van der Waals surface area contributed by atoms with Gasteiger partial charge in [0.2, 0.25) is 10.0 Å². The van der Waals surface area contributed by atoms with Crippen molar-refractivity contribution in [2.45, 2.75) is 17.9 Å². The second-order valence-electron chi connectivity index (χ2n) is 5.31. The summed E-state index contributed by atoms with van der Waals surface area (Å²) in [4.78, 5) is 11.6. The molecule has 0 saturated heterocycles. The number of aromatic nitrogens is 1. The summed E-state index contributed by atoms with van der Waals surface area (Å²) in [5.74, 6) is -0.528. The number of benzene rings is 2. The molecule has 1 heterocycles. The molecule has 3 aromatic rings. The summed E-state index contributed by atoms with van der Waals surface area (Å²) in [7, 11) is -2.16. The van der Waals surface area contributed by atoms with Crippen molar-refractivity contribution in [1.82, 2.24) is 9.29 Å². The third kappa shape index (κ3) is 2.93.